The molecule has 58 valence electrons. The molecule has 2 amide bonds. The average Bonchev–Trinajstić information content (AvgIpc) is 1.79. The standard InChI is InChI=1S/C5H12N4O/c6-4(7)2-1-3-9-5(8)10/h1-3H2,(H3,6,7)(H3,8,9,10). The Balaban J connectivity index is 3.06. The topological polar surface area (TPSA) is 105 Å². The third-order valence-corrected chi connectivity index (χ3v) is 0.922. The second kappa shape index (κ2) is 4.60. The number of amides is 2. The Kier molecular flexibility index (Phi) is 4.02. The second-order valence-electron chi connectivity index (χ2n) is 1.92. The Morgan fingerprint density at radius 3 is 2.50 bits per heavy atom. The molecule has 0 aliphatic rings. The largest absolute Gasteiger partial charge is 0.388 e. The van der Waals surface area contributed by atoms with Gasteiger partial charge in [-0.15, -0.1) is 0 Å². The molecule has 0 atom stereocenters. The lowest BCUT2D eigenvalue weighted by molar-refractivity contribution is 0.249. The van der Waals surface area contributed by atoms with Crippen LogP contribution in [-0.4, -0.2) is 18.4 Å². The number of carbonyl (C=O) groups is 1. The Labute approximate surface area is 59.3 Å². The zero-order valence-corrected chi connectivity index (χ0v) is 5.68. The van der Waals surface area contributed by atoms with Gasteiger partial charge in [0.1, 0.15) is 0 Å². The van der Waals surface area contributed by atoms with Crippen molar-refractivity contribution in [2.24, 2.45) is 11.5 Å². The molecule has 6 N–H and O–H groups in total. The summed E-state index contributed by atoms with van der Waals surface area (Å²) in [5.41, 5.74) is 9.82. The molecule has 0 aromatic carbocycles. The summed E-state index contributed by atoms with van der Waals surface area (Å²) in [4.78, 5) is 10.1. The van der Waals surface area contributed by atoms with Crippen LogP contribution in [0, 0.1) is 5.41 Å². The molecule has 0 fully saturated rings. The van der Waals surface area contributed by atoms with Crippen molar-refractivity contribution in [3.05, 3.63) is 0 Å². The second-order valence-corrected chi connectivity index (χ2v) is 1.92. The van der Waals surface area contributed by atoms with Gasteiger partial charge in [-0.25, -0.2) is 4.79 Å². The Morgan fingerprint density at radius 1 is 1.50 bits per heavy atom. The molecule has 5 heteroatoms. The molecule has 0 bridgehead atoms. The Morgan fingerprint density at radius 2 is 2.10 bits per heavy atom. The molecule has 0 aromatic heterocycles. The minimum absolute atomic E-state index is 0.131. The molecule has 5 nitrogen and oxygen atoms in total. The maximum atomic E-state index is 10.1. The van der Waals surface area contributed by atoms with E-state index in [0.717, 1.165) is 0 Å². The van der Waals surface area contributed by atoms with Gasteiger partial charge in [-0.1, -0.05) is 0 Å². The van der Waals surface area contributed by atoms with Gasteiger partial charge in [0, 0.05) is 13.0 Å². The smallest absolute Gasteiger partial charge is 0.312 e. The number of nitrogens with one attached hydrogen (secondary N) is 2. The van der Waals surface area contributed by atoms with Crippen molar-refractivity contribution in [3.63, 3.8) is 0 Å². The highest BCUT2D eigenvalue weighted by Gasteiger charge is 1.91. The van der Waals surface area contributed by atoms with Crippen LogP contribution >= 0.6 is 0 Å². The van der Waals surface area contributed by atoms with Gasteiger partial charge >= 0.3 is 6.03 Å². The summed E-state index contributed by atoms with van der Waals surface area (Å²) in [7, 11) is 0. The van der Waals surface area contributed by atoms with Crippen LogP contribution in [-0.2, 0) is 0 Å². The van der Waals surface area contributed by atoms with E-state index in [-0.39, 0.29) is 5.84 Å². The first-order valence-electron chi connectivity index (χ1n) is 2.99. The van der Waals surface area contributed by atoms with Crippen LogP contribution in [0.25, 0.3) is 0 Å². The van der Waals surface area contributed by atoms with E-state index < -0.39 is 6.03 Å². The summed E-state index contributed by atoms with van der Waals surface area (Å²) in [5.74, 6) is 0.131. The normalized spacial score (nSPS) is 8.80. The molecule has 0 rings (SSSR count). The molecule has 0 aliphatic heterocycles. The highest BCUT2D eigenvalue weighted by atomic mass is 16.2. The quantitative estimate of drug-likeness (QED) is 0.239. The van der Waals surface area contributed by atoms with Gasteiger partial charge in [-0.3, -0.25) is 5.41 Å². The van der Waals surface area contributed by atoms with E-state index in [2.05, 4.69) is 5.32 Å². The van der Waals surface area contributed by atoms with Crippen LogP contribution in [0.1, 0.15) is 12.8 Å². The summed E-state index contributed by atoms with van der Waals surface area (Å²) < 4.78 is 0. The third-order valence-electron chi connectivity index (χ3n) is 0.922. The van der Waals surface area contributed by atoms with Gasteiger partial charge in [-0.05, 0) is 6.42 Å². The summed E-state index contributed by atoms with van der Waals surface area (Å²) in [5, 5.41) is 9.20. The first-order valence-corrected chi connectivity index (χ1v) is 2.99. The number of primary amides is 1. The van der Waals surface area contributed by atoms with Crippen molar-refractivity contribution in [1.82, 2.24) is 5.32 Å². The monoisotopic (exact) mass is 144 g/mol. The van der Waals surface area contributed by atoms with Crippen LogP contribution in [0.2, 0.25) is 0 Å². The van der Waals surface area contributed by atoms with Crippen LogP contribution < -0.4 is 16.8 Å². The molecule has 0 saturated carbocycles. The van der Waals surface area contributed by atoms with Gasteiger partial charge in [-0.2, -0.15) is 0 Å². The van der Waals surface area contributed by atoms with E-state index in [1.807, 2.05) is 0 Å². The number of hydrogen-bond donors (Lipinski definition) is 4. The fourth-order valence-electron chi connectivity index (χ4n) is 0.490. The van der Waals surface area contributed by atoms with Crippen molar-refractivity contribution >= 4 is 11.9 Å². The predicted octanol–water partition coefficient (Wildman–Crippen LogP) is -0.629. The highest BCUT2D eigenvalue weighted by molar-refractivity contribution is 5.76. The molecular formula is C5H12N4O. The van der Waals surface area contributed by atoms with Crippen molar-refractivity contribution in [3.8, 4) is 0 Å². The Hall–Kier alpha value is -1.26. The first-order chi connectivity index (χ1) is 4.63. The van der Waals surface area contributed by atoms with E-state index in [4.69, 9.17) is 16.9 Å². The predicted molar refractivity (Wildman–Crippen MR) is 38.7 cm³/mol. The molecule has 0 unspecified atom stereocenters. The number of hydrogen-bond acceptors (Lipinski definition) is 2. The molecule has 0 heterocycles. The lowest BCUT2D eigenvalue weighted by Gasteiger charge is -1.99. The SMILES string of the molecule is N=C(N)CCCNC(N)=O. The van der Waals surface area contributed by atoms with Gasteiger partial charge in [0.05, 0.1) is 5.84 Å². The van der Waals surface area contributed by atoms with Crippen LogP contribution in [0.3, 0.4) is 0 Å². The van der Waals surface area contributed by atoms with Crippen molar-refractivity contribution in [2.75, 3.05) is 6.54 Å². The lowest BCUT2D eigenvalue weighted by Crippen LogP contribution is -2.30. The van der Waals surface area contributed by atoms with Crippen LogP contribution in [0.4, 0.5) is 4.79 Å². The molecule has 0 saturated heterocycles. The summed E-state index contributed by atoms with van der Waals surface area (Å²) >= 11 is 0. The minimum atomic E-state index is -0.538. The zero-order valence-electron chi connectivity index (χ0n) is 5.68. The Bertz CT molecular complexity index is 118. The number of rotatable bonds is 4. The van der Waals surface area contributed by atoms with E-state index in [1.54, 1.807) is 0 Å². The van der Waals surface area contributed by atoms with Crippen LogP contribution in [0.15, 0.2) is 0 Å². The molecular weight excluding hydrogens is 132 g/mol. The van der Waals surface area contributed by atoms with Crippen molar-refractivity contribution in [1.29, 1.82) is 5.41 Å². The van der Waals surface area contributed by atoms with Gasteiger partial charge < -0.3 is 16.8 Å². The van der Waals surface area contributed by atoms with E-state index >= 15 is 0 Å². The van der Waals surface area contributed by atoms with E-state index in [1.165, 1.54) is 0 Å². The van der Waals surface area contributed by atoms with Crippen molar-refractivity contribution < 1.29 is 4.79 Å². The molecule has 0 aliphatic carbocycles. The molecule has 0 spiro atoms. The first kappa shape index (κ1) is 8.74. The zero-order chi connectivity index (χ0) is 7.98. The number of urea groups is 1. The minimum Gasteiger partial charge on any atom is -0.388 e. The average molecular weight is 144 g/mol. The highest BCUT2D eigenvalue weighted by Crippen LogP contribution is 1.83. The van der Waals surface area contributed by atoms with Gasteiger partial charge in [0.2, 0.25) is 0 Å². The van der Waals surface area contributed by atoms with Gasteiger partial charge in [0.25, 0.3) is 0 Å². The van der Waals surface area contributed by atoms with E-state index in [9.17, 15) is 4.79 Å². The molecule has 0 aromatic rings. The van der Waals surface area contributed by atoms with Crippen molar-refractivity contribution in [2.45, 2.75) is 12.8 Å². The number of nitrogens with two attached hydrogens (primary N) is 2. The van der Waals surface area contributed by atoms with Crippen LogP contribution in [0.5, 0.6) is 0 Å². The summed E-state index contributed by atoms with van der Waals surface area (Å²) in [6.07, 6.45) is 1.17. The number of amidine groups is 1. The lowest BCUT2D eigenvalue weighted by atomic mass is 10.3. The molecule has 10 heavy (non-hydrogen) atoms. The third kappa shape index (κ3) is 6.74. The summed E-state index contributed by atoms with van der Waals surface area (Å²) in [6.45, 7) is 0.481. The maximum absolute atomic E-state index is 10.1. The fourth-order valence-corrected chi connectivity index (χ4v) is 0.490. The molecule has 0 radical (unpaired) electrons. The van der Waals surface area contributed by atoms with Gasteiger partial charge in [0.15, 0.2) is 0 Å². The fraction of sp³-hybridized carbons (Fsp3) is 0.600. The van der Waals surface area contributed by atoms with E-state index in [0.29, 0.717) is 19.4 Å². The summed E-state index contributed by atoms with van der Waals surface area (Å²) in [6, 6.07) is -0.538. The maximum Gasteiger partial charge on any atom is 0.312 e. The number of carbonyl (C=O) groups excluding carboxylic acids is 1.